The SMILES string of the molecule is CS(=O)(=O)Nc1ccc(C2=NN(S(=O)(=O)c3ccc(Cl)cc3)[C@H](c3cccc([N+](=O)[O-])c3)C2)cc1. The Balaban J connectivity index is 1.76. The van der Waals surface area contributed by atoms with E-state index in [4.69, 9.17) is 11.6 Å². The van der Waals surface area contributed by atoms with Crippen molar-refractivity contribution in [1.29, 1.82) is 0 Å². The summed E-state index contributed by atoms with van der Waals surface area (Å²) in [5.41, 5.74) is 1.58. The molecule has 0 amide bonds. The van der Waals surface area contributed by atoms with Crippen molar-refractivity contribution < 1.29 is 21.8 Å². The van der Waals surface area contributed by atoms with Gasteiger partial charge in [-0.25, -0.2) is 8.42 Å². The van der Waals surface area contributed by atoms with E-state index in [-0.39, 0.29) is 17.0 Å². The number of hydrazone groups is 1. The van der Waals surface area contributed by atoms with Gasteiger partial charge in [-0.1, -0.05) is 35.9 Å². The van der Waals surface area contributed by atoms with Crippen molar-refractivity contribution in [2.75, 3.05) is 11.0 Å². The molecule has 1 aliphatic rings. The Morgan fingerprint density at radius 1 is 1.03 bits per heavy atom. The predicted molar refractivity (Wildman–Crippen MR) is 132 cm³/mol. The molecule has 3 aromatic carbocycles. The highest BCUT2D eigenvalue weighted by Gasteiger charge is 2.38. The third-order valence-corrected chi connectivity index (χ3v) is 7.77. The number of sulfonamides is 2. The van der Waals surface area contributed by atoms with Crippen LogP contribution in [0.1, 0.15) is 23.6 Å². The summed E-state index contributed by atoms with van der Waals surface area (Å²) in [6, 6.07) is 16.9. The zero-order valence-electron chi connectivity index (χ0n) is 18.2. The lowest BCUT2D eigenvalue weighted by atomic mass is 9.99. The fraction of sp³-hybridized carbons (Fsp3) is 0.136. The van der Waals surface area contributed by atoms with Crippen LogP contribution < -0.4 is 4.72 Å². The molecule has 1 atom stereocenters. The summed E-state index contributed by atoms with van der Waals surface area (Å²) >= 11 is 5.91. The molecule has 0 aromatic heterocycles. The van der Waals surface area contributed by atoms with E-state index in [1.165, 1.54) is 54.6 Å². The van der Waals surface area contributed by atoms with Crippen molar-refractivity contribution in [3.63, 3.8) is 0 Å². The molecular weight excluding hydrogens is 516 g/mol. The number of nitrogens with one attached hydrogen (secondary N) is 1. The fourth-order valence-electron chi connectivity index (χ4n) is 3.64. The first-order valence-electron chi connectivity index (χ1n) is 10.1. The van der Waals surface area contributed by atoms with Gasteiger partial charge in [-0.05, 0) is 47.5 Å². The van der Waals surface area contributed by atoms with E-state index in [0.717, 1.165) is 10.7 Å². The predicted octanol–water partition coefficient (Wildman–Crippen LogP) is 4.16. The number of rotatable bonds is 7. The second-order valence-corrected chi connectivity index (χ2v) is 11.8. The van der Waals surface area contributed by atoms with Crippen LogP contribution in [0.4, 0.5) is 11.4 Å². The summed E-state index contributed by atoms with van der Waals surface area (Å²) in [5, 5.41) is 16.1. The number of hydrogen-bond acceptors (Lipinski definition) is 7. The third kappa shape index (κ3) is 5.45. The van der Waals surface area contributed by atoms with Crippen molar-refractivity contribution in [1.82, 2.24) is 4.41 Å². The van der Waals surface area contributed by atoms with E-state index in [1.807, 2.05) is 0 Å². The van der Waals surface area contributed by atoms with Crippen molar-refractivity contribution in [3.05, 3.63) is 99.1 Å². The van der Waals surface area contributed by atoms with Crippen LogP contribution in [0.5, 0.6) is 0 Å². The van der Waals surface area contributed by atoms with Crippen molar-refractivity contribution >= 4 is 48.7 Å². The molecule has 4 rings (SSSR count). The smallest absolute Gasteiger partial charge is 0.279 e. The van der Waals surface area contributed by atoms with Gasteiger partial charge < -0.3 is 0 Å². The summed E-state index contributed by atoms with van der Waals surface area (Å²) in [6.07, 6.45) is 1.18. The van der Waals surface area contributed by atoms with Crippen LogP contribution >= 0.6 is 11.6 Å². The first kappa shape index (κ1) is 24.6. The molecule has 1 N–H and O–H groups in total. The van der Waals surface area contributed by atoms with Gasteiger partial charge in [0.05, 0.1) is 27.8 Å². The van der Waals surface area contributed by atoms with E-state index in [2.05, 4.69) is 9.82 Å². The van der Waals surface area contributed by atoms with Gasteiger partial charge in [0.15, 0.2) is 0 Å². The Labute approximate surface area is 207 Å². The molecule has 0 saturated heterocycles. The van der Waals surface area contributed by atoms with Crippen molar-refractivity contribution in [2.45, 2.75) is 17.4 Å². The highest BCUT2D eigenvalue weighted by Crippen LogP contribution is 2.38. The molecule has 1 heterocycles. The van der Waals surface area contributed by atoms with Gasteiger partial charge in [0.2, 0.25) is 10.0 Å². The highest BCUT2D eigenvalue weighted by atomic mass is 35.5. The molecule has 0 aliphatic carbocycles. The molecule has 3 aromatic rings. The molecular formula is C22H19ClN4O6S2. The zero-order valence-corrected chi connectivity index (χ0v) is 20.6. The lowest BCUT2D eigenvalue weighted by molar-refractivity contribution is -0.384. The van der Waals surface area contributed by atoms with Gasteiger partial charge in [0.25, 0.3) is 15.7 Å². The zero-order chi connectivity index (χ0) is 25.4. The Kier molecular flexibility index (Phi) is 6.54. The minimum atomic E-state index is -4.13. The standard InChI is InChI=1S/C22H19ClN4O6S2/c1-34(30,31)25-18-9-5-15(6-10-18)21-14-22(16-3-2-4-19(13-16)27(28)29)26(24-21)35(32,33)20-11-7-17(23)8-12-20/h2-13,22,25H,14H2,1H3/t22-/m0/s1. The Morgan fingerprint density at radius 3 is 2.29 bits per heavy atom. The van der Waals surface area contributed by atoms with Crippen LogP contribution in [0.2, 0.25) is 5.02 Å². The molecule has 35 heavy (non-hydrogen) atoms. The van der Waals surface area contributed by atoms with E-state index in [1.54, 1.807) is 18.2 Å². The largest absolute Gasteiger partial charge is 0.284 e. The minimum Gasteiger partial charge on any atom is -0.284 e. The number of nitrogens with zero attached hydrogens (tertiary/aromatic N) is 3. The number of nitro groups is 1. The topological polar surface area (TPSA) is 139 Å². The number of nitro benzene ring substituents is 1. The van der Waals surface area contributed by atoms with Crippen molar-refractivity contribution in [2.24, 2.45) is 5.10 Å². The van der Waals surface area contributed by atoms with Gasteiger partial charge >= 0.3 is 0 Å². The highest BCUT2D eigenvalue weighted by molar-refractivity contribution is 7.92. The maximum Gasteiger partial charge on any atom is 0.279 e. The van der Waals surface area contributed by atoms with Crippen molar-refractivity contribution in [3.8, 4) is 0 Å². The number of benzene rings is 3. The first-order chi connectivity index (χ1) is 16.4. The van der Waals surface area contributed by atoms with E-state index in [9.17, 15) is 26.9 Å². The maximum atomic E-state index is 13.5. The quantitative estimate of drug-likeness (QED) is 0.356. The van der Waals surface area contributed by atoms with Gasteiger partial charge in [-0.15, -0.1) is 0 Å². The van der Waals surface area contributed by atoms with Crippen LogP contribution in [0.3, 0.4) is 0 Å². The first-order valence-corrected chi connectivity index (χ1v) is 13.8. The number of anilines is 1. The van der Waals surface area contributed by atoms with Gasteiger partial charge in [0.1, 0.15) is 0 Å². The molecule has 0 radical (unpaired) electrons. The minimum absolute atomic E-state index is 0.0324. The van der Waals surface area contributed by atoms with Crippen LogP contribution in [0.15, 0.2) is 82.8 Å². The summed E-state index contributed by atoms with van der Waals surface area (Å²) < 4.78 is 53.2. The molecule has 0 fully saturated rings. The second-order valence-electron chi connectivity index (χ2n) is 7.80. The molecule has 13 heteroatoms. The number of hydrogen-bond donors (Lipinski definition) is 1. The average molecular weight is 535 g/mol. The molecule has 0 bridgehead atoms. The lowest BCUT2D eigenvalue weighted by Crippen LogP contribution is -2.27. The van der Waals surface area contributed by atoms with E-state index < -0.39 is 31.0 Å². The molecule has 1 aliphatic heterocycles. The van der Waals surface area contributed by atoms with E-state index >= 15 is 0 Å². The van der Waals surface area contributed by atoms with Crippen LogP contribution in [0, 0.1) is 10.1 Å². The monoisotopic (exact) mass is 534 g/mol. The average Bonchev–Trinajstić information content (AvgIpc) is 3.25. The van der Waals surface area contributed by atoms with Crippen LogP contribution in [-0.4, -0.2) is 38.1 Å². The number of non-ortho nitro benzene ring substituents is 1. The Bertz CT molecular complexity index is 1520. The summed E-state index contributed by atoms with van der Waals surface area (Å²) in [7, 11) is -7.59. The molecule has 182 valence electrons. The lowest BCUT2D eigenvalue weighted by Gasteiger charge is -2.23. The van der Waals surface area contributed by atoms with Gasteiger partial charge in [0, 0.05) is 29.3 Å². The van der Waals surface area contributed by atoms with Crippen LogP contribution in [0.25, 0.3) is 0 Å². The van der Waals surface area contributed by atoms with E-state index in [0.29, 0.717) is 27.5 Å². The number of halogens is 1. The third-order valence-electron chi connectivity index (χ3n) is 5.22. The van der Waals surface area contributed by atoms with Gasteiger partial charge in [-0.2, -0.15) is 17.9 Å². The summed E-state index contributed by atoms with van der Waals surface area (Å²) in [4.78, 5) is 10.7. The maximum absolute atomic E-state index is 13.5. The van der Waals surface area contributed by atoms with Gasteiger partial charge in [-0.3, -0.25) is 14.8 Å². The Hall–Kier alpha value is -3.48. The summed E-state index contributed by atoms with van der Waals surface area (Å²) in [6.45, 7) is 0. The second kappa shape index (κ2) is 9.29. The Morgan fingerprint density at radius 2 is 1.69 bits per heavy atom. The van der Waals surface area contributed by atoms with Crippen LogP contribution in [-0.2, 0) is 20.0 Å². The molecule has 0 unspecified atom stereocenters. The summed E-state index contributed by atoms with van der Waals surface area (Å²) in [5.74, 6) is 0. The molecule has 10 nitrogen and oxygen atoms in total. The molecule has 0 spiro atoms. The normalized spacial score (nSPS) is 16.1. The molecule has 0 saturated carbocycles. The fourth-order valence-corrected chi connectivity index (χ4v) is 5.76.